The molecule has 3 N–H and O–H groups in total. The molecule has 0 bridgehead atoms. The lowest BCUT2D eigenvalue weighted by molar-refractivity contribution is -0.120. The van der Waals surface area contributed by atoms with E-state index in [-0.39, 0.29) is 17.9 Å². The van der Waals surface area contributed by atoms with Gasteiger partial charge in [0.1, 0.15) is 0 Å². The van der Waals surface area contributed by atoms with Crippen molar-refractivity contribution in [2.75, 3.05) is 5.32 Å². The Balaban J connectivity index is 2.00. The summed E-state index contributed by atoms with van der Waals surface area (Å²) >= 11 is 0. The van der Waals surface area contributed by atoms with E-state index >= 15 is 0 Å². The molecule has 1 amide bonds. The number of nitrogens with one attached hydrogen (secondary N) is 1. The molecule has 0 radical (unpaired) electrons. The smallest absolute Gasteiger partial charge is 0.229 e. The molecule has 0 heterocycles. The molecule has 1 aliphatic rings. The fourth-order valence-electron chi connectivity index (χ4n) is 2.18. The fourth-order valence-corrected chi connectivity index (χ4v) is 2.18. The van der Waals surface area contributed by atoms with Crippen molar-refractivity contribution in [2.24, 2.45) is 11.7 Å². The molecule has 17 heavy (non-hydrogen) atoms. The summed E-state index contributed by atoms with van der Waals surface area (Å²) < 4.78 is 0. The Bertz CT molecular complexity index is 447. The average Bonchev–Trinajstić information content (AvgIpc) is 2.76. The number of nitriles is 1. The minimum atomic E-state index is -0.0781. The number of anilines is 1. The topological polar surface area (TPSA) is 78.9 Å². The summed E-state index contributed by atoms with van der Waals surface area (Å²) in [6, 6.07) is 8.85. The molecular formula is C13H15N3O. The maximum absolute atomic E-state index is 11.9. The molecule has 0 aliphatic heterocycles. The Kier molecular flexibility index (Phi) is 3.40. The maximum atomic E-state index is 11.9. The largest absolute Gasteiger partial charge is 0.327 e. The first-order chi connectivity index (χ1) is 8.20. The van der Waals surface area contributed by atoms with Gasteiger partial charge in [-0.15, -0.1) is 0 Å². The SMILES string of the molecule is N#Cc1ccc(NC(=O)C2CCCC2N)cc1. The Morgan fingerprint density at radius 2 is 2.06 bits per heavy atom. The summed E-state index contributed by atoms with van der Waals surface area (Å²) in [6.07, 6.45) is 2.81. The van der Waals surface area contributed by atoms with Gasteiger partial charge < -0.3 is 11.1 Å². The van der Waals surface area contributed by atoms with Crippen LogP contribution >= 0.6 is 0 Å². The zero-order valence-corrected chi connectivity index (χ0v) is 9.52. The standard InChI is InChI=1S/C13H15N3O/c14-8-9-4-6-10(7-5-9)16-13(17)11-2-1-3-12(11)15/h4-7,11-12H,1-3,15H2,(H,16,17). The quantitative estimate of drug-likeness (QED) is 0.808. The fraction of sp³-hybridized carbons (Fsp3) is 0.385. The second-order valence-corrected chi connectivity index (χ2v) is 4.38. The molecule has 0 spiro atoms. The van der Waals surface area contributed by atoms with Crippen LogP contribution < -0.4 is 11.1 Å². The second-order valence-electron chi connectivity index (χ2n) is 4.38. The van der Waals surface area contributed by atoms with E-state index in [1.807, 2.05) is 6.07 Å². The molecule has 0 saturated heterocycles. The number of nitrogens with zero attached hydrogens (tertiary/aromatic N) is 1. The summed E-state index contributed by atoms with van der Waals surface area (Å²) in [4.78, 5) is 11.9. The van der Waals surface area contributed by atoms with Crippen molar-refractivity contribution in [1.82, 2.24) is 0 Å². The molecule has 2 unspecified atom stereocenters. The monoisotopic (exact) mass is 229 g/mol. The molecule has 1 aromatic rings. The predicted molar refractivity (Wildman–Crippen MR) is 65.1 cm³/mol. The highest BCUT2D eigenvalue weighted by atomic mass is 16.1. The molecule has 1 aromatic carbocycles. The van der Waals surface area contributed by atoms with Crippen LogP contribution in [0.3, 0.4) is 0 Å². The van der Waals surface area contributed by atoms with Crippen LogP contribution in [0.1, 0.15) is 24.8 Å². The highest BCUT2D eigenvalue weighted by Gasteiger charge is 2.30. The van der Waals surface area contributed by atoms with E-state index in [0.717, 1.165) is 19.3 Å². The van der Waals surface area contributed by atoms with Crippen molar-refractivity contribution in [1.29, 1.82) is 5.26 Å². The number of amides is 1. The first-order valence-electron chi connectivity index (χ1n) is 5.77. The van der Waals surface area contributed by atoms with Crippen molar-refractivity contribution >= 4 is 11.6 Å². The van der Waals surface area contributed by atoms with E-state index in [4.69, 9.17) is 11.0 Å². The van der Waals surface area contributed by atoms with Crippen LogP contribution in [0.5, 0.6) is 0 Å². The minimum Gasteiger partial charge on any atom is -0.327 e. The van der Waals surface area contributed by atoms with Gasteiger partial charge >= 0.3 is 0 Å². The van der Waals surface area contributed by atoms with E-state index < -0.39 is 0 Å². The lowest BCUT2D eigenvalue weighted by Gasteiger charge is -2.15. The van der Waals surface area contributed by atoms with E-state index in [2.05, 4.69) is 5.32 Å². The van der Waals surface area contributed by atoms with Gasteiger partial charge in [0.05, 0.1) is 17.6 Å². The van der Waals surface area contributed by atoms with E-state index in [9.17, 15) is 4.79 Å². The van der Waals surface area contributed by atoms with Crippen LogP contribution in [0, 0.1) is 17.2 Å². The van der Waals surface area contributed by atoms with E-state index in [0.29, 0.717) is 11.3 Å². The lowest BCUT2D eigenvalue weighted by Crippen LogP contribution is -2.34. The molecule has 2 atom stereocenters. The van der Waals surface area contributed by atoms with Gasteiger partial charge in [0.2, 0.25) is 5.91 Å². The summed E-state index contributed by atoms with van der Waals surface area (Å²) in [5.41, 5.74) is 7.17. The lowest BCUT2D eigenvalue weighted by atomic mass is 10.0. The van der Waals surface area contributed by atoms with Crippen molar-refractivity contribution in [3.8, 4) is 6.07 Å². The number of hydrogen-bond acceptors (Lipinski definition) is 3. The Hall–Kier alpha value is -1.86. The molecule has 2 rings (SSSR count). The second kappa shape index (κ2) is 4.98. The van der Waals surface area contributed by atoms with Gasteiger partial charge in [-0.1, -0.05) is 6.42 Å². The van der Waals surface area contributed by atoms with Gasteiger partial charge in [-0.25, -0.2) is 0 Å². The summed E-state index contributed by atoms with van der Waals surface area (Å²) in [7, 11) is 0. The molecule has 0 aromatic heterocycles. The summed E-state index contributed by atoms with van der Waals surface area (Å²) in [5.74, 6) is -0.0923. The molecule has 1 saturated carbocycles. The van der Waals surface area contributed by atoms with Crippen LogP contribution in [0.15, 0.2) is 24.3 Å². The van der Waals surface area contributed by atoms with Gasteiger partial charge in [-0.2, -0.15) is 5.26 Å². The number of hydrogen-bond donors (Lipinski definition) is 2. The van der Waals surface area contributed by atoms with Gasteiger partial charge in [0, 0.05) is 11.7 Å². The van der Waals surface area contributed by atoms with Gasteiger partial charge in [-0.3, -0.25) is 4.79 Å². The van der Waals surface area contributed by atoms with Crippen molar-refractivity contribution in [3.63, 3.8) is 0 Å². The molecule has 4 nitrogen and oxygen atoms in total. The van der Waals surface area contributed by atoms with E-state index in [1.54, 1.807) is 24.3 Å². The van der Waals surface area contributed by atoms with Crippen molar-refractivity contribution in [2.45, 2.75) is 25.3 Å². The highest BCUT2D eigenvalue weighted by molar-refractivity contribution is 5.93. The van der Waals surface area contributed by atoms with Crippen LogP contribution in [-0.4, -0.2) is 11.9 Å². The number of carbonyl (C=O) groups is 1. The van der Waals surface area contributed by atoms with Crippen molar-refractivity contribution < 1.29 is 4.79 Å². The maximum Gasteiger partial charge on any atom is 0.229 e. The average molecular weight is 229 g/mol. The zero-order chi connectivity index (χ0) is 12.3. The highest BCUT2D eigenvalue weighted by Crippen LogP contribution is 2.25. The summed E-state index contributed by atoms with van der Waals surface area (Å²) in [5, 5.41) is 11.5. The molecule has 1 fully saturated rings. The van der Waals surface area contributed by atoms with Gasteiger partial charge in [0.25, 0.3) is 0 Å². The predicted octanol–water partition coefficient (Wildman–Crippen LogP) is 1.62. The van der Waals surface area contributed by atoms with Gasteiger partial charge in [-0.05, 0) is 37.1 Å². The molecule has 4 heteroatoms. The van der Waals surface area contributed by atoms with Crippen molar-refractivity contribution in [3.05, 3.63) is 29.8 Å². The van der Waals surface area contributed by atoms with Crippen LogP contribution in [-0.2, 0) is 4.79 Å². The molecule has 1 aliphatic carbocycles. The third-order valence-corrected chi connectivity index (χ3v) is 3.19. The van der Waals surface area contributed by atoms with Crippen LogP contribution in [0.25, 0.3) is 0 Å². The minimum absolute atomic E-state index is 0.0142. The van der Waals surface area contributed by atoms with E-state index in [1.165, 1.54) is 0 Å². The Morgan fingerprint density at radius 1 is 1.35 bits per heavy atom. The first kappa shape index (κ1) is 11.6. The number of carbonyl (C=O) groups excluding carboxylic acids is 1. The number of nitrogens with two attached hydrogens (primary N) is 1. The summed E-state index contributed by atoms with van der Waals surface area (Å²) in [6.45, 7) is 0. The third-order valence-electron chi connectivity index (χ3n) is 3.19. The van der Waals surface area contributed by atoms with Gasteiger partial charge in [0.15, 0.2) is 0 Å². The normalized spacial score (nSPS) is 23.1. The van der Waals surface area contributed by atoms with Crippen LogP contribution in [0.2, 0.25) is 0 Å². The number of benzene rings is 1. The zero-order valence-electron chi connectivity index (χ0n) is 9.52. The Morgan fingerprint density at radius 3 is 2.59 bits per heavy atom. The Labute approximate surface area is 100 Å². The number of rotatable bonds is 2. The first-order valence-corrected chi connectivity index (χ1v) is 5.77. The molecular weight excluding hydrogens is 214 g/mol. The van der Waals surface area contributed by atoms with Crippen LogP contribution in [0.4, 0.5) is 5.69 Å². The third kappa shape index (κ3) is 2.63. The molecule has 88 valence electrons.